The Morgan fingerprint density at radius 1 is 1.08 bits per heavy atom. The number of primary amides is 1. The van der Waals surface area contributed by atoms with Crippen LogP contribution in [0.25, 0.3) is 0 Å². The second kappa shape index (κ2) is 11.1. The molecule has 2 fully saturated rings. The highest BCUT2D eigenvalue weighted by molar-refractivity contribution is 5.96. The number of nitrogens with one attached hydrogen (secondary N) is 2. The Hall–Kier alpha value is -3.08. The van der Waals surface area contributed by atoms with Gasteiger partial charge in [-0.05, 0) is 63.3 Å². The monoisotopic (exact) mass is 519 g/mol. The first-order valence-corrected chi connectivity index (χ1v) is 12.9. The van der Waals surface area contributed by atoms with Gasteiger partial charge in [-0.25, -0.2) is 9.97 Å². The third-order valence-electron chi connectivity index (χ3n) is 7.30. The summed E-state index contributed by atoms with van der Waals surface area (Å²) in [5, 5.41) is 6.35. The van der Waals surface area contributed by atoms with Crippen LogP contribution in [0.1, 0.15) is 61.3 Å². The van der Waals surface area contributed by atoms with Crippen molar-refractivity contribution in [3.63, 3.8) is 0 Å². The highest BCUT2D eigenvalue weighted by atomic mass is 19.4. The van der Waals surface area contributed by atoms with Crippen LogP contribution in [0.15, 0.2) is 18.2 Å². The summed E-state index contributed by atoms with van der Waals surface area (Å²) >= 11 is 0. The molecule has 1 saturated heterocycles. The van der Waals surface area contributed by atoms with E-state index in [-0.39, 0.29) is 28.9 Å². The second-order valence-corrected chi connectivity index (χ2v) is 10.2. The molecule has 0 atom stereocenters. The fraction of sp³-hybridized carbons (Fsp3) is 0.577. The van der Waals surface area contributed by atoms with E-state index in [0.717, 1.165) is 31.7 Å². The van der Waals surface area contributed by atoms with Gasteiger partial charge < -0.3 is 26.2 Å². The summed E-state index contributed by atoms with van der Waals surface area (Å²) in [5.74, 6) is 0.449. The highest BCUT2D eigenvalue weighted by Gasteiger charge is 2.36. The van der Waals surface area contributed by atoms with Gasteiger partial charge in [-0.1, -0.05) is 13.8 Å². The van der Waals surface area contributed by atoms with Crippen molar-refractivity contribution in [2.45, 2.75) is 58.2 Å². The van der Waals surface area contributed by atoms with Crippen molar-refractivity contribution in [1.82, 2.24) is 14.9 Å². The molecule has 37 heavy (non-hydrogen) atoms. The molecular formula is C26H36F3N7O. The number of hydrogen-bond acceptors (Lipinski definition) is 7. The number of alkyl halides is 3. The van der Waals surface area contributed by atoms with Gasteiger partial charge in [-0.2, -0.15) is 13.2 Å². The average Bonchev–Trinajstić information content (AvgIpc) is 2.85. The van der Waals surface area contributed by atoms with Crippen molar-refractivity contribution in [3.8, 4) is 0 Å². The van der Waals surface area contributed by atoms with Crippen molar-refractivity contribution >= 4 is 28.9 Å². The summed E-state index contributed by atoms with van der Waals surface area (Å²) in [6.45, 7) is 6.54. The summed E-state index contributed by atoms with van der Waals surface area (Å²) in [4.78, 5) is 25.1. The summed E-state index contributed by atoms with van der Waals surface area (Å²) < 4.78 is 42.2. The van der Waals surface area contributed by atoms with Gasteiger partial charge in [0.15, 0.2) is 11.5 Å². The highest BCUT2D eigenvalue weighted by Crippen LogP contribution is 2.39. The topological polar surface area (TPSA) is 99.4 Å². The zero-order valence-electron chi connectivity index (χ0n) is 21.7. The van der Waals surface area contributed by atoms with Crippen LogP contribution < -0.4 is 21.3 Å². The normalized spacial score (nSPS) is 21.1. The Kier molecular flexibility index (Phi) is 8.11. The van der Waals surface area contributed by atoms with E-state index >= 15 is 0 Å². The number of anilines is 4. The van der Waals surface area contributed by atoms with E-state index in [2.05, 4.69) is 32.4 Å². The zero-order chi connectivity index (χ0) is 26.7. The van der Waals surface area contributed by atoms with Gasteiger partial charge in [0, 0.05) is 43.6 Å². The number of likely N-dealkylation sites (N-methyl/N-ethyl adjacent to an activating group) is 1. The number of aryl methyl sites for hydroxylation is 1. The molecule has 1 saturated carbocycles. The molecule has 11 heteroatoms. The Labute approximate surface area is 215 Å². The Morgan fingerprint density at radius 3 is 2.35 bits per heavy atom. The number of benzene rings is 1. The fourth-order valence-corrected chi connectivity index (χ4v) is 4.99. The number of aromatic nitrogens is 2. The first-order chi connectivity index (χ1) is 17.5. The molecule has 2 heterocycles. The average molecular weight is 520 g/mol. The summed E-state index contributed by atoms with van der Waals surface area (Å²) in [6.07, 6.45) is 0.181. The Bertz CT molecular complexity index is 1110. The standard InChI is InChI=1S/C26H36F3N7O/c1-4-20-24(31-17-7-5-16(2)6-8-17)34-25(22(33-20)23(30)37)32-18-9-10-21(19(15-18)26(27,28)29)36-13-11-35(3)12-14-36/h9-10,15-17H,4-8,11-14H2,1-3H3,(H2,30,37)(H2,31,32,34). The lowest BCUT2D eigenvalue weighted by Gasteiger charge is -2.35. The molecule has 1 aliphatic carbocycles. The number of piperazine rings is 1. The van der Waals surface area contributed by atoms with Gasteiger partial charge in [-0.15, -0.1) is 0 Å². The smallest absolute Gasteiger partial charge is 0.368 e. The van der Waals surface area contributed by atoms with E-state index in [1.807, 2.05) is 14.0 Å². The van der Waals surface area contributed by atoms with E-state index < -0.39 is 17.6 Å². The van der Waals surface area contributed by atoms with Crippen LogP contribution >= 0.6 is 0 Å². The van der Waals surface area contributed by atoms with Crippen LogP contribution in [0.5, 0.6) is 0 Å². The number of nitrogens with zero attached hydrogens (tertiary/aromatic N) is 4. The first kappa shape index (κ1) is 27.0. The van der Waals surface area contributed by atoms with Gasteiger partial charge >= 0.3 is 6.18 Å². The molecule has 4 rings (SSSR count). The van der Waals surface area contributed by atoms with E-state index in [9.17, 15) is 18.0 Å². The van der Waals surface area contributed by atoms with Gasteiger partial charge in [0.2, 0.25) is 0 Å². The Balaban J connectivity index is 1.66. The summed E-state index contributed by atoms with van der Waals surface area (Å²) in [6, 6.07) is 4.32. The molecule has 1 amide bonds. The number of nitrogens with two attached hydrogens (primary N) is 1. The third kappa shape index (κ3) is 6.44. The number of carbonyl (C=O) groups excluding carboxylic acids is 1. The van der Waals surface area contributed by atoms with Gasteiger partial charge in [0.25, 0.3) is 5.91 Å². The maximum absolute atomic E-state index is 14.1. The van der Waals surface area contributed by atoms with Crippen molar-refractivity contribution in [1.29, 1.82) is 0 Å². The van der Waals surface area contributed by atoms with Crippen molar-refractivity contribution in [2.24, 2.45) is 11.7 Å². The molecule has 0 spiro atoms. The van der Waals surface area contributed by atoms with Gasteiger partial charge in [0.05, 0.1) is 11.3 Å². The SMILES string of the molecule is CCc1nc(C(N)=O)c(Nc2ccc(N3CCN(C)CC3)c(C(F)(F)F)c2)nc1NC1CCC(C)CC1. The molecule has 1 aromatic carbocycles. The number of carbonyl (C=O) groups is 1. The van der Waals surface area contributed by atoms with Crippen LogP contribution in [-0.2, 0) is 12.6 Å². The van der Waals surface area contributed by atoms with Crippen LogP contribution in [0, 0.1) is 5.92 Å². The fourth-order valence-electron chi connectivity index (χ4n) is 4.99. The molecular weight excluding hydrogens is 483 g/mol. The number of amides is 1. The molecule has 0 unspecified atom stereocenters. The lowest BCUT2D eigenvalue weighted by atomic mass is 9.87. The van der Waals surface area contributed by atoms with Crippen LogP contribution in [0.3, 0.4) is 0 Å². The number of rotatable bonds is 7. The maximum atomic E-state index is 14.1. The van der Waals surface area contributed by atoms with Crippen molar-refractivity contribution in [2.75, 3.05) is 48.8 Å². The lowest BCUT2D eigenvalue weighted by molar-refractivity contribution is -0.137. The first-order valence-electron chi connectivity index (χ1n) is 12.9. The predicted octanol–water partition coefficient (Wildman–Crippen LogP) is 4.64. The van der Waals surface area contributed by atoms with Gasteiger partial charge in [0.1, 0.15) is 5.82 Å². The largest absolute Gasteiger partial charge is 0.418 e. The van der Waals surface area contributed by atoms with E-state index in [0.29, 0.717) is 50.0 Å². The molecule has 4 N–H and O–H groups in total. The molecule has 1 aliphatic heterocycles. The zero-order valence-corrected chi connectivity index (χ0v) is 21.7. The summed E-state index contributed by atoms with van der Waals surface area (Å²) in [5.41, 5.74) is 5.63. The number of hydrogen-bond donors (Lipinski definition) is 3. The molecule has 2 aromatic rings. The van der Waals surface area contributed by atoms with Gasteiger partial charge in [-0.3, -0.25) is 4.79 Å². The molecule has 0 radical (unpaired) electrons. The maximum Gasteiger partial charge on any atom is 0.418 e. The van der Waals surface area contributed by atoms with E-state index in [4.69, 9.17) is 5.73 Å². The molecule has 8 nitrogen and oxygen atoms in total. The quantitative estimate of drug-likeness (QED) is 0.490. The van der Waals surface area contributed by atoms with Crippen molar-refractivity contribution in [3.05, 3.63) is 35.2 Å². The van der Waals surface area contributed by atoms with Crippen LogP contribution in [-0.4, -0.2) is 60.0 Å². The minimum Gasteiger partial charge on any atom is -0.368 e. The molecule has 1 aromatic heterocycles. The third-order valence-corrected chi connectivity index (χ3v) is 7.30. The molecule has 2 aliphatic rings. The molecule has 202 valence electrons. The minimum atomic E-state index is -4.55. The predicted molar refractivity (Wildman–Crippen MR) is 139 cm³/mol. The second-order valence-electron chi connectivity index (χ2n) is 10.2. The van der Waals surface area contributed by atoms with Crippen LogP contribution in [0.4, 0.5) is 36.2 Å². The lowest BCUT2D eigenvalue weighted by Crippen LogP contribution is -2.45. The Morgan fingerprint density at radius 2 is 1.76 bits per heavy atom. The molecule has 0 bridgehead atoms. The van der Waals surface area contributed by atoms with E-state index in [1.165, 1.54) is 6.07 Å². The number of halogens is 3. The van der Waals surface area contributed by atoms with E-state index in [1.54, 1.807) is 11.0 Å². The summed E-state index contributed by atoms with van der Waals surface area (Å²) in [7, 11) is 1.95. The van der Waals surface area contributed by atoms with Crippen LogP contribution in [0.2, 0.25) is 0 Å². The minimum absolute atomic E-state index is 0.0387. The van der Waals surface area contributed by atoms with Crippen molar-refractivity contribution < 1.29 is 18.0 Å².